The van der Waals surface area contributed by atoms with E-state index in [9.17, 15) is 0 Å². The predicted molar refractivity (Wildman–Crippen MR) is 202 cm³/mol. The molecule has 9 aromatic rings. The highest BCUT2D eigenvalue weighted by molar-refractivity contribution is 7.26. The summed E-state index contributed by atoms with van der Waals surface area (Å²) >= 11 is 1.72. The summed E-state index contributed by atoms with van der Waals surface area (Å²) in [6, 6.07) is 52.6. The molecule has 0 spiro atoms. The number of ether oxygens (including phenoxy) is 1. The fourth-order valence-electron chi connectivity index (χ4n) is 6.04. The predicted octanol–water partition coefficient (Wildman–Crippen LogP) is 11.2. The number of hydrogen-bond donors (Lipinski definition) is 0. The highest BCUT2D eigenvalue weighted by Crippen LogP contribution is 2.42. The molecule has 0 aliphatic heterocycles. The van der Waals surface area contributed by atoms with Gasteiger partial charge in [-0.25, -0.2) is 24.9 Å². The molecule has 6 aromatic carbocycles. The van der Waals surface area contributed by atoms with Gasteiger partial charge in [0.1, 0.15) is 11.4 Å². The molecule has 0 saturated carbocycles. The van der Waals surface area contributed by atoms with Crippen LogP contribution in [0.15, 0.2) is 164 Å². The van der Waals surface area contributed by atoms with E-state index in [2.05, 4.69) is 36.4 Å². The first kappa shape index (κ1) is 29.6. The third kappa shape index (κ3) is 5.66. The van der Waals surface area contributed by atoms with Gasteiger partial charge in [0.25, 0.3) is 0 Å². The van der Waals surface area contributed by atoms with Gasteiger partial charge in [0.05, 0.1) is 6.20 Å². The summed E-state index contributed by atoms with van der Waals surface area (Å²) in [5, 5.41) is 2.30. The highest BCUT2D eigenvalue weighted by atomic mass is 32.1. The average Bonchev–Trinajstić information content (AvgIpc) is 3.58. The normalized spacial score (nSPS) is 11.2. The Morgan fingerprint density at radius 1 is 0.440 bits per heavy atom. The van der Waals surface area contributed by atoms with Crippen molar-refractivity contribution in [1.29, 1.82) is 0 Å². The molecule has 0 radical (unpaired) electrons. The molecule has 3 heterocycles. The monoisotopic (exact) mass is 661 g/mol. The number of rotatable bonds is 7. The summed E-state index contributed by atoms with van der Waals surface area (Å²) < 4.78 is 8.52. The maximum atomic E-state index is 6.28. The maximum absolute atomic E-state index is 6.28. The molecule has 0 amide bonds. The Morgan fingerprint density at radius 2 is 1.02 bits per heavy atom. The zero-order valence-corrected chi connectivity index (χ0v) is 27.5. The molecule has 6 nitrogen and oxygen atoms in total. The molecule has 0 bridgehead atoms. The second-order valence-electron chi connectivity index (χ2n) is 11.7. The molecule has 9 rings (SSSR count). The second kappa shape index (κ2) is 12.8. The van der Waals surface area contributed by atoms with Crippen LogP contribution in [0.5, 0.6) is 11.5 Å². The smallest absolute Gasteiger partial charge is 0.172 e. The number of para-hydroxylation sites is 1. The van der Waals surface area contributed by atoms with Gasteiger partial charge in [-0.05, 0) is 24.3 Å². The summed E-state index contributed by atoms with van der Waals surface area (Å²) in [5.74, 6) is 3.87. The van der Waals surface area contributed by atoms with Gasteiger partial charge in [-0.2, -0.15) is 0 Å². The summed E-state index contributed by atoms with van der Waals surface area (Å²) in [6.45, 7) is 0. The van der Waals surface area contributed by atoms with Crippen LogP contribution in [-0.4, -0.2) is 24.9 Å². The van der Waals surface area contributed by atoms with E-state index in [0.717, 1.165) is 59.4 Å². The average molecular weight is 662 g/mol. The number of hydrogen-bond acceptors (Lipinski definition) is 7. The van der Waals surface area contributed by atoms with Crippen LogP contribution >= 0.6 is 11.3 Å². The second-order valence-corrected chi connectivity index (χ2v) is 12.8. The zero-order chi connectivity index (χ0) is 33.3. The molecule has 7 heteroatoms. The number of thiophene rings is 1. The van der Waals surface area contributed by atoms with Crippen LogP contribution in [0.4, 0.5) is 0 Å². The number of nitrogens with zero attached hydrogens (tertiary/aromatic N) is 5. The summed E-state index contributed by atoms with van der Waals surface area (Å²) in [6.07, 6.45) is 1.78. The summed E-state index contributed by atoms with van der Waals surface area (Å²) in [5.41, 5.74) is 5.46. The van der Waals surface area contributed by atoms with Crippen LogP contribution in [0.1, 0.15) is 0 Å². The van der Waals surface area contributed by atoms with Crippen molar-refractivity contribution in [2.24, 2.45) is 0 Å². The first-order valence-electron chi connectivity index (χ1n) is 16.3. The minimum Gasteiger partial charge on any atom is -0.453 e. The summed E-state index contributed by atoms with van der Waals surface area (Å²) in [7, 11) is 0. The van der Waals surface area contributed by atoms with E-state index < -0.39 is 0 Å². The molecule has 0 saturated heterocycles. The SMILES string of the molecule is c1ccc(Oc2cnc(-c3cccc4c3sc3cc(-c5nc(-c6ccccc6)nc(-c6ccccc6)n5)ccc34)nc2-c2ccccc2)cc1. The molecule has 0 unspecified atom stereocenters. The van der Waals surface area contributed by atoms with Gasteiger partial charge in [-0.15, -0.1) is 11.3 Å². The summed E-state index contributed by atoms with van der Waals surface area (Å²) in [4.78, 5) is 24.7. The molecule has 0 aliphatic rings. The van der Waals surface area contributed by atoms with Gasteiger partial charge in [0.15, 0.2) is 29.0 Å². The number of fused-ring (bicyclic) bond motifs is 3. The van der Waals surface area contributed by atoms with Crippen molar-refractivity contribution in [1.82, 2.24) is 24.9 Å². The van der Waals surface area contributed by atoms with Crippen LogP contribution < -0.4 is 4.74 Å². The molecular weight excluding hydrogens is 635 g/mol. The zero-order valence-electron chi connectivity index (χ0n) is 26.6. The standard InChI is InChI=1S/C43H27N5OS/c1-5-14-28(15-6-1)38-36(49-32-20-11-4-12-21-32)27-44-43(45-38)35-23-13-22-34-33-25-24-31(26-37(33)50-39(34)35)42-47-40(29-16-7-2-8-17-29)46-41(48-42)30-18-9-3-10-19-30/h1-27H. The lowest BCUT2D eigenvalue weighted by Gasteiger charge is -2.12. The van der Waals surface area contributed by atoms with Crippen molar-refractivity contribution in [3.8, 4) is 68.3 Å². The lowest BCUT2D eigenvalue weighted by atomic mass is 10.1. The largest absolute Gasteiger partial charge is 0.453 e. The van der Waals surface area contributed by atoms with Crippen molar-refractivity contribution < 1.29 is 4.74 Å². The third-order valence-electron chi connectivity index (χ3n) is 8.47. The Labute approximate surface area is 292 Å². The Morgan fingerprint density at radius 3 is 1.66 bits per heavy atom. The van der Waals surface area contributed by atoms with Crippen molar-refractivity contribution >= 4 is 31.5 Å². The van der Waals surface area contributed by atoms with Crippen LogP contribution in [0.25, 0.3) is 77.0 Å². The minimum atomic E-state index is 0.599. The Balaban J connectivity index is 1.16. The minimum absolute atomic E-state index is 0.599. The fourth-order valence-corrected chi connectivity index (χ4v) is 7.30. The van der Waals surface area contributed by atoms with E-state index in [1.807, 2.05) is 121 Å². The molecule has 50 heavy (non-hydrogen) atoms. The third-order valence-corrected chi connectivity index (χ3v) is 9.67. The topological polar surface area (TPSA) is 73.7 Å². The van der Waals surface area contributed by atoms with Gasteiger partial charge < -0.3 is 4.74 Å². The van der Waals surface area contributed by atoms with E-state index in [1.165, 1.54) is 0 Å². The van der Waals surface area contributed by atoms with Crippen molar-refractivity contribution in [2.45, 2.75) is 0 Å². The lowest BCUT2D eigenvalue weighted by Crippen LogP contribution is -1.99. The maximum Gasteiger partial charge on any atom is 0.172 e. The molecule has 3 aromatic heterocycles. The Kier molecular flexibility index (Phi) is 7.57. The number of aromatic nitrogens is 5. The molecule has 0 atom stereocenters. The molecule has 0 fully saturated rings. The quantitative estimate of drug-likeness (QED) is 0.169. The van der Waals surface area contributed by atoms with E-state index in [0.29, 0.717) is 29.0 Å². The van der Waals surface area contributed by atoms with Crippen molar-refractivity contribution in [2.75, 3.05) is 0 Å². The van der Waals surface area contributed by atoms with E-state index in [1.54, 1.807) is 17.5 Å². The molecule has 0 N–H and O–H groups in total. The van der Waals surface area contributed by atoms with Crippen LogP contribution in [0.3, 0.4) is 0 Å². The van der Waals surface area contributed by atoms with E-state index in [4.69, 9.17) is 29.7 Å². The molecule has 236 valence electrons. The van der Waals surface area contributed by atoms with Crippen LogP contribution in [0.2, 0.25) is 0 Å². The van der Waals surface area contributed by atoms with Crippen molar-refractivity contribution in [3.63, 3.8) is 0 Å². The van der Waals surface area contributed by atoms with E-state index in [-0.39, 0.29) is 0 Å². The molecule has 0 aliphatic carbocycles. The highest BCUT2D eigenvalue weighted by Gasteiger charge is 2.18. The van der Waals surface area contributed by atoms with Gasteiger partial charge in [0.2, 0.25) is 0 Å². The van der Waals surface area contributed by atoms with E-state index >= 15 is 0 Å². The van der Waals surface area contributed by atoms with Crippen LogP contribution in [0, 0.1) is 0 Å². The van der Waals surface area contributed by atoms with Gasteiger partial charge >= 0.3 is 0 Å². The first-order valence-corrected chi connectivity index (χ1v) is 17.1. The van der Waals surface area contributed by atoms with Crippen LogP contribution in [-0.2, 0) is 0 Å². The van der Waals surface area contributed by atoms with Gasteiger partial charge in [0, 0.05) is 48.0 Å². The fraction of sp³-hybridized carbons (Fsp3) is 0. The molecular formula is C43H27N5OS. The Bertz CT molecular complexity index is 2550. The number of benzene rings is 6. The first-order chi connectivity index (χ1) is 24.8. The van der Waals surface area contributed by atoms with Gasteiger partial charge in [-0.1, -0.05) is 133 Å². The van der Waals surface area contributed by atoms with Crippen molar-refractivity contribution in [3.05, 3.63) is 164 Å². The van der Waals surface area contributed by atoms with Gasteiger partial charge in [-0.3, -0.25) is 0 Å². The Hall–Kier alpha value is -6.57. The lowest BCUT2D eigenvalue weighted by molar-refractivity contribution is 0.480.